The molecule has 0 aliphatic carbocycles. The van der Waals surface area contributed by atoms with Gasteiger partial charge in [0.15, 0.2) is 0 Å². The largest absolute Gasteiger partial charge is 0.364 e. The Morgan fingerprint density at radius 1 is 1.73 bits per heavy atom. The molecule has 1 aromatic rings. The topological polar surface area (TPSA) is 86.2 Å². The van der Waals surface area contributed by atoms with Crippen molar-refractivity contribution in [1.29, 1.82) is 0 Å². The highest BCUT2D eigenvalue weighted by Gasteiger charge is 2.10. The van der Waals surface area contributed by atoms with Crippen LogP contribution in [0.3, 0.4) is 0 Å². The van der Waals surface area contributed by atoms with Crippen LogP contribution in [0.1, 0.15) is 11.3 Å². The SMILES string of the molecule is Cc1conc1CS(N)(=O)=O. The van der Waals surface area contributed by atoms with Crippen LogP contribution in [0.2, 0.25) is 0 Å². The normalized spacial score (nSPS) is 11.8. The second-order valence-corrected chi connectivity index (χ2v) is 3.87. The quantitative estimate of drug-likeness (QED) is 0.674. The number of nitrogens with zero attached hydrogens (tertiary/aromatic N) is 1. The second kappa shape index (κ2) is 2.63. The molecular formula is C5H8N2O3S. The van der Waals surface area contributed by atoms with E-state index in [-0.39, 0.29) is 5.75 Å². The Morgan fingerprint density at radius 2 is 2.36 bits per heavy atom. The van der Waals surface area contributed by atoms with Crippen molar-refractivity contribution in [3.05, 3.63) is 17.5 Å². The number of primary sulfonamides is 1. The van der Waals surface area contributed by atoms with Crippen molar-refractivity contribution in [2.75, 3.05) is 0 Å². The summed E-state index contributed by atoms with van der Waals surface area (Å²) in [5.41, 5.74) is 1.06. The summed E-state index contributed by atoms with van der Waals surface area (Å²) in [7, 11) is -3.49. The van der Waals surface area contributed by atoms with E-state index < -0.39 is 10.0 Å². The Hall–Kier alpha value is -0.880. The molecule has 1 heterocycles. The van der Waals surface area contributed by atoms with Crippen LogP contribution in [-0.4, -0.2) is 13.6 Å². The number of aromatic nitrogens is 1. The lowest BCUT2D eigenvalue weighted by Crippen LogP contribution is -2.15. The van der Waals surface area contributed by atoms with Gasteiger partial charge in [-0.3, -0.25) is 0 Å². The summed E-state index contributed by atoms with van der Waals surface area (Å²) in [5.74, 6) is -0.269. The summed E-state index contributed by atoms with van der Waals surface area (Å²) in [4.78, 5) is 0. The average molecular weight is 176 g/mol. The Kier molecular flexibility index (Phi) is 1.97. The van der Waals surface area contributed by atoms with E-state index >= 15 is 0 Å². The molecule has 0 saturated heterocycles. The van der Waals surface area contributed by atoms with E-state index in [2.05, 4.69) is 9.68 Å². The molecule has 1 rings (SSSR count). The van der Waals surface area contributed by atoms with Crippen LogP contribution < -0.4 is 5.14 Å². The van der Waals surface area contributed by atoms with Crippen LogP contribution in [0.25, 0.3) is 0 Å². The van der Waals surface area contributed by atoms with Gasteiger partial charge < -0.3 is 4.52 Å². The van der Waals surface area contributed by atoms with Crippen molar-refractivity contribution < 1.29 is 12.9 Å². The standard InChI is InChI=1S/C5H8N2O3S/c1-4-2-10-7-5(4)3-11(6,8)9/h2H,3H2,1H3,(H2,6,8,9). The third-order valence-electron chi connectivity index (χ3n) is 1.19. The molecular weight excluding hydrogens is 168 g/mol. The molecule has 0 unspecified atom stereocenters. The van der Waals surface area contributed by atoms with Gasteiger partial charge in [0.2, 0.25) is 10.0 Å². The molecule has 6 heteroatoms. The molecule has 62 valence electrons. The summed E-state index contributed by atoms with van der Waals surface area (Å²) in [5, 5.41) is 8.25. The summed E-state index contributed by atoms with van der Waals surface area (Å²) in [6, 6.07) is 0. The van der Waals surface area contributed by atoms with Crippen molar-refractivity contribution in [2.45, 2.75) is 12.7 Å². The van der Waals surface area contributed by atoms with Crippen LogP contribution in [0.15, 0.2) is 10.8 Å². The third kappa shape index (κ3) is 2.32. The molecule has 11 heavy (non-hydrogen) atoms. The minimum Gasteiger partial charge on any atom is -0.364 e. The summed E-state index contributed by atoms with van der Waals surface area (Å²) >= 11 is 0. The first-order valence-corrected chi connectivity index (χ1v) is 4.61. The maximum Gasteiger partial charge on any atom is 0.214 e. The van der Waals surface area contributed by atoms with Crippen LogP contribution in [-0.2, 0) is 15.8 Å². The van der Waals surface area contributed by atoms with Gasteiger partial charge in [-0.05, 0) is 6.92 Å². The van der Waals surface area contributed by atoms with Crippen molar-refractivity contribution in [1.82, 2.24) is 5.16 Å². The number of aryl methyl sites for hydroxylation is 1. The summed E-state index contributed by atoms with van der Waals surface area (Å²) in [6.45, 7) is 1.71. The zero-order valence-electron chi connectivity index (χ0n) is 5.94. The molecule has 0 radical (unpaired) electrons. The zero-order chi connectivity index (χ0) is 8.48. The van der Waals surface area contributed by atoms with Crippen LogP contribution in [0, 0.1) is 6.92 Å². The number of nitrogens with two attached hydrogens (primary N) is 1. The van der Waals surface area contributed by atoms with Gasteiger partial charge in [0.1, 0.15) is 17.7 Å². The van der Waals surface area contributed by atoms with Crippen LogP contribution in [0.4, 0.5) is 0 Å². The fraction of sp³-hybridized carbons (Fsp3) is 0.400. The number of hydrogen-bond acceptors (Lipinski definition) is 4. The van der Waals surface area contributed by atoms with Gasteiger partial charge in [-0.15, -0.1) is 0 Å². The Balaban J connectivity index is 2.89. The molecule has 0 amide bonds. The smallest absolute Gasteiger partial charge is 0.214 e. The second-order valence-electron chi connectivity index (χ2n) is 2.25. The molecule has 0 spiro atoms. The predicted octanol–water partition coefficient (Wildman–Crippen LogP) is -0.228. The minimum absolute atomic E-state index is 0.269. The van der Waals surface area contributed by atoms with E-state index in [0.29, 0.717) is 11.3 Å². The molecule has 0 aliphatic heterocycles. The lowest BCUT2D eigenvalue weighted by Gasteiger charge is -1.92. The van der Waals surface area contributed by atoms with Crippen molar-refractivity contribution in [3.63, 3.8) is 0 Å². The van der Waals surface area contributed by atoms with Gasteiger partial charge in [-0.2, -0.15) is 0 Å². The van der Waals surface area contributed by atoms with Gasteiger partial charge in [-0.1, -0.05) is 5.16 Å². The minimum atomic E-state index is -3.49. The monoisotopic (exact) mass is 176 g/mol. The summed E-state index contributed by atoms with van der Waals surface area (Å²) < 4.78 is 25.6. The van der Waals surface area contributed by atoms with Crippen LogP contribution >= 0.6 is 0 Å². The average Bonchev–Trinajstić information content (AvgIpc) is 2.12. The van der Waals surface area contributed by atoms with E-state index in [1.165, 1.54) is 6.26 Å². The van der Waals surface area contributed by atoms with Gasteiger partial charge >= 0.3 is 0 Å². The highest BCUT2D eigenvalue weighted by molar-refractivity contribution is 7.88. The number of sulfonamides is 1. The van der Waals surface area contributed by atoms with E-state index in [0.717, 1.165) is 0 Å². The molecule has 0 fully saturated rings. The van der Waals surface area contributed by atoms with E-state index in [4.69, 9.17) is 5.14 Å². The maximum atomic E-state index is 10.5. The molecule has 0 saturated carbocycles. The Morgan fingerprint density at radius 3 is 2.73 bits per heavy atom. The number of rotatable bonds is 2. The number of hydrogen-bond donors (Lipinski definition) is 1. The van der Waals surface area contributed by atoms with Gasteiger partial charge in [0.25, 0.3) is 0 Å². The van der Waals surface area contributed by atoms with Crippen LogP contribution in [0.5, 0.6) is 0 Å². The molecule has 0 aliphatic rings. The molecule has 1 aromatic heterocycles. The molecule has 0 bridgehead atoms. The summed E-state index contributed by atoms with van der Waals surface area (Å²) in [6.07, 6.45) is 1.38. The zero-order valence-corrected chi connectivity index (χ0v) is 6.76. The fourth-order valence-corrected chi connectivity index (χ4v) is 1.30. The van der Waals surface area contributed by atoms with Crippen molar-refractivity contribution in [2.24, 2.45) is 5.14 Å². The third-order valence-corrected chi connectivity index (χ3v) is 1.86. The van der Waals surface area contributed by atoms with E-state index in [9.17, 15) is 8.42 Å². The lowest BCUT2D eigenvalue weighted by atomic mass is 10.3. The highest BCUT2D eigenvalue weighted by Crippen LogP contribution is 2.06. The highest BCUT2D eigenvalue weighted by atomic mass is 32.2. The first kappa shape index (κ1) is 8.22. The Labute approximate surface area is 64.2 Å². The fourth-order valence-electron chi connectivity index (χ4n) is 0.640. The molecule has 2 N–H and O–H groups in total. The molecule has 0 atom stereocenters. The first-order valence-electron chi connectivity index (χ1n) is 2.89. The lowest BCUT2D eigenvalue weighted by molar-refractivity contribution is 0.413. The molecule has 0 aromatic carbocycles. The van der Waals surface area contributed by atoms with Gasteiger partial charge in [0, 0.05) is 5.56 Å². The van der Waals surface area contributed by atoms with Gasteiger partial charge in [0.05, 0.1) is 0 Å². The predicted molar refractivity (Wildman–Crippen MR) is 38.1 cm³/mol. The van der Waals surface area contributed by atoms with Crippen molar-refractivity contribution >= 4 is 10.0 Å². The van der Waals surface area contributed by atoms with Gasteiger partial charge in [-0.25, -0.2) is 13.6 Å². The van der Waals surface area contributed by atoms with E-state index in [1.807, 2.05) is 0 Å². The molecule has 5 nitrogen and oxygen atoms in total. The van der Waals surface area contributed by atoms with Crippen molar-refractivity contribution in [3.8, 4) is 0 Å². The maximum absolute atomic E-state index is 10.5. The van der Waals surface area contributed by atoms with E-state index in [1.54, 1.807) is 6.92 Å². The Bertz CT molecular complexity index is 340. The first-order chi connectivity index (χ1) is 4.99.